The number of esters is 1. The van der Waals surface area contributed by atoms with Crippen LogP contribution in [0.4, 0.5) is 0 Å². The fraction of sp³-hybridized carbons (Fsp3) is 0.864. The Morgan fingerprint density at radius 2 is 1.50 bits per heavy atom. The Balaban J connectivity index is 2.91. The van der Waals surface area contributed by atoms with Gasteiger partial charge >= 0.3 is 5.97 Å². The highest BCUT2D eigenvalue weighted by Gasteiger charge is 2.42. The summed E-state index contributed by atoms with van der Waals surface area (Å²) < 4.78 is 6.12. The Morgan fingerprint density at radius 1 is 1.00 bits per heavy atom. The number of ether oxygens (including phenoxy) is 1. The highest BCUT2D eigenvalue weighted by atomic mass is 16.6. The largest absolute Gasteiger partial charge is 0.456 e. The normalized spacial score (nSPS) is 27.0. The highest BCUT2D eigenvalue weighted by molar-refractivity contribution is 5.87. The first-order valence-corrected chi connectivity index (χ1v) is 10.3. The van der Waals surface area contributed by atoms with Gasteiger partial charge < -0.3 is 4.74 Å². The van der Waals surface area contributed by atoms with E-state index in [9.17, 15) is 4.79 Å². The van der Waals surface area contributed by atoms with Gasteiger partial charge in [-0.3, -0.25) is 0 Å². The van der Waals surface area contributed by atoms with Gasteiger partial charge in [0, 0.05) is 5.57 Å². The van der Waals surface area contributed by atoms with Crippen molar-refractivity contribution in [1.29, 1.82) is 0 Å². The van der Waals surface area contributed by atoms with Gasteiger partial charge in [-0.15, -0.1) is 0 Å². The van der Waals surface area contributed by atoms with Crippen molar-refractivity contribution in [2.24, 2.45) is 11.8 Å². The van der Waals surface area contributed by atoms with Crippen molar-refractivity contribution in [3.63, 3.8) is 0 Å². The van der Waals surface area contributed by atoms with Crippen LogP contribution in [-0.2, 0) is 9.53 Å². The molecule has 0 amide bonds. The monoisotopic (exact) mass is 336 g/mol. The summed E-state index contributed by atoms with van der Waals surface area (Å²) in [5.74, 6) is 1.25. The molecule has 0 aromatic rings. The van der Waals surface area contributed by atoms with Gasteiger partial charge in [0.25, 0.3) is 0 Å². The molecule has 0 N–H and O–H groups in total. The molecular formula is C22H40O2. The van der Waals surface area contributed by atoms with E-state index in [2.05, 4.69) is 27.4 Å². The molecule has 0 heterocycles. The lowest BCUT2D eigenvalue weighted by Gasteiger charge is -2.44. The van der Waals surface area contributed by atoms with E-state index in [-0.39, 0.29) is 11.6 Å². The predicted octanol–water partition coefficient (Wildman–Crippen LogP) is 6.83. The summed E-state index contributed by atoms with van der Waals surface area (Å²) in [4.78, 5) is 12.3. The number of hydrogen-bond donors (Lipinski definition) is 0. The summed E-state index contributed by atoms with van der Waals surface area (Å²) in [6.45, 7) is 12.3. The minimum absolute atomic E-state index is 0.184. The first-order chi connectivity index (χ1) is 11.5. The zero-order chi connectivity index (χ0) is 18.0. The maximum Gasteiger partial charge on any atom is 0.333 e. The highest BCUT2D eigenvalue weighted by Crippen LogP contribution is 2.45. The molecule has 0 radical (unpaired) electrons. The summed E-state index contributed by atoms with van der Waals surface area (Å²) in [5.41, 5.74) is 0.299. The van der Waals surface area contributed by atoms with Gasteiger partial charge in [0.2, 0.25) is 0 Å². The first-order valence-electron chi connectivity index (χ1n) is 10.3. The molecule has 2 nitrogen and oxygen atoms in total. The number of unbranched alkanes of at least 4 members (excludes halogenated alkanes) is 3. The van der Waals surface area contributed by atoms with Crippen LogP contribution < -0.4 is 0 Å². The molecule has 24 heavy (non-hydrogen) atoms. The van der Waals surface area contributed by atoms with Crippen LogP contribution in [0, 0.1) is 11.8 Å². The van der Waals surface area contributed by atoms with E-state index < -0.39 is 0 Å². The van der Waals surface area contributed by atoms with Crippen molar-refractivity contribution < 1.29 is 9.53 Å². The molecular weight excluding hydrogens is 296 g/mol. The fourth-order valence-electron chi connectivity index (χ4n) is 4.32. The number of hydrogen-bond acceptors (Lipinski definition) is 2. The molecule has 0 aliphatic heterocycles. The van der Waals surface area contributed by atoms with Gasteiger partial charge in [0.1, 0.15) is 5.60 Å². The van der Waals surface area contributed by atoms with E-state index in [0.29, 0.717) is 5.57 Å². The third-order valence-electron chi connectivity index (χ3n) is 5.56. The molecule has 140 valence electrons. The smallest absolute Gasteiger partial charge is 0.333 e. The Labute approximate surface area is 150 Å². The van der Waals surface area contributed by atoms with Gasteiger partial charge in [0.15, 0.2) is 0 Å². The fourth-order valence-corrected chi connectivity index (χ4v) is 4.32. The van der Waals surface area contributed by atoms with Gasteiger partial charge in [-0.2, -0.15) is 0 Å². The lowest BCUT2D eigenvalue weighted by atomic mass is 9.68. The molecule has 2 atom stereocenters. The van der Waals surface area contributed by atoms with Gasteiger partial charge in [0.05, 0.1) is 0 Å². The van der Waals surface area contributed by atoms with Crippen molar-refractivity contribution in [1.82, 2.24) is 0 Å². The average molecular weight is 337 g/mol. The molecule has 2 unspecified atom stereocenters. The zero-order valence-corrected chi connectivity index (χ0v) is 16.7. The van der Waals surface area contributed by atoms with E-state index in [1.54, 1.807) is 6.92 Å². The quantitative estimate of drug-likeness (QED) is 0.305. The standard InChI is InChI=1S/C22H40O2/c1-6-9-12-19-15-20(13-10-7-2)17-22(16-19,14-11-8-3)24-21(23)18(4)5/h19-20H,4,6-17H2,1-3,5H3. The van der Waals surface area contributed by atoms with Crippen LogP contribution in [0.15, 0.2) is 12.2 Å². The van der Waals surface area contributed by atoms with Crippen molar-refractivity contribution >= 4 is 5.97 Å². The maximum atomic E-state index is 12.3. The molecule has 2 heteroatoms. The van der Waals surface area contributed by atoms with E-state index in [4.69, 9.17) is 4.74 Å². The molecule has 0 bridgehead atoms. The van der Waals surface area contributed by atoms with Crippen LogP contribution in [0.2, 0.25) is 0 Å². The van der Waals surface area contributed by atoms with Crippen LogP contribution in [0.3, 0.4) is 0 Å². The van der Waals surface area contributed by atoms with Gasteiger partial charge in [-0.05, 0) is 50.9 Å². The molecule has 0 aromatic carbocycles. The molecule has 1 aliphatic carbocycles. The van der Waals surface area contributed by atoms with E-state index in [1.807, 2.05) is 0 Å². The number of rotatable bonds is 11. The summed E-state index contributed by atoms with van der Waals surface area (Å²) >= 11 is 0. The topological polar surface area (TPSA) is 26.3 Å². The second-order valence-electron chi connectivity index (χ2n) is 8.12. The molecule has 1 fully saturated rings. The predicted molar refractivity (Wildman–Crippen MR) is 103 cm³/mol. The van der Waals surface area contributed by atoms with E-state index in [0.717, 1.165) is 43.9 Å². The Bertz CT molecular complexity index is 369. The Morgan fingerprint density at radius 3 is 1.92 bits per heavy atom. The van der Waals surface area contributed by atoms with E-state index in [1.165, 1.54) is 44.9 Å². The maximum absolute atomic E-state index is 12.3. The second-order valence-corrected chi connectivity index (χ2v) is 8.12. The molecule has 0 aromatic heterocycles. The summed E-state index contributed by atoms with van der Waals surface area (Å²) in [5, 5.41) is 0. The van der Waals surface area contributed by atoms with Crippen LogP contribution >= 0.6 is 0 Å². The van der Waals surface area contributed by atoms with Crippen LogP contribution in [0.25, 0.3) is 0 Å². The third kappa shape index (κ3) is 6.99. The lowest BCUT2D eigenvalue weighted by Crippen LogP contribution is -2.43. The van der Waals surface area contributed by atoms with Gasteiger partial charge in [-0.25, -0.2) is 4.79 Å². The zero-order valence-electron chi connectivity index (χ0n) is 16.7. The summed E-state index contributed by atoms with van der Waals surface area (Å²) in [7, 11) is 0. The minimum atomic E-state index is -0.235. The van der Waals surface area contributed by atoms with Gasteiger partial charge in [-0.1, -0.05) is 72.3 Å². The number of carbonyl (C=O) groups excluding carboxylic acids is 1. The Kier molecular flexibility index (Phi) is 9.69. The van der Waals surface area contributed by atoms with Crippen LogP contribution in [0.5, 0.6) is 0 Å². The third-order valence-corrected chi connectivity index (χ3v) is 5.56. The molecule has 1 rings (SSSR count). The summed E-state index contributed by atoms with van der Waals surface area (Å²) in [6.07, 6.45) is 14.5. The molecule has 1 saturated carbocycles. The van der Waals surface area contributed by atoms with Crippen molar-refractivity contribution in [3.8, 4) is 0 Å². The van der Waals surface area contributed by atoms with Crippen LogP contribution in [0.1, 0.15) is 105 Å². The number of carbonyl (C=O) groups is 1. The van der Waals surface area contributed by atoms with Crippen LogP contribution in [-0.4, -0.2) is 11.6 Å². The summed E-state index contributed by atoms with van der Waals surface area (Å²) in [6, 6.07) is 0. The molecule has 0 spiro atoms. The van der Waals surface area contributed by atoms with Crippen molar-refractivity contribution in [2.45, 2.75) is 110 Å². The second kappa shape index (κ2) is 10.9. The minimum Gasteiger partial charge on any atom is -0.456 e. The Hall–Kier alpha value is -0.790. The average Bonchev–Trinajstić information content (AvgIpc) is 2.56. The van der Waals surface area contributed by atoms with Crippen molar-refractivity contribution in [3.05, 3.63) is 12.2 Å². The molecule has 1 aliphatic rings. The van der Waals surface area contributed by atoms with E-state index >= 15 is 0 Å². The van der Waals surface area contributed by atoms with Crippen molar-refractivity contribution in [2.75, 3.05) is 0 Å². The molecule has 0 saturated heterocycles. The SMILES string of the molecule is C=C(C)C(=O)OC1(CCCC)CC(CCCC)CC(CCCC)C1. The first kappa shape index (κ1) is 21.3. The lowest BCUT2D eigenvalue weighted by molar-refractivity contribution is -0.164.